The van der Waals surface area contributed by atoms with Crippen LogP contribution in [-0.2, 0) is 16.1 Å². The third kappa shape index (κ3) is 6.20. The molecule has 6 aliphatic heterocycles. The lowest BCUT2D eigenvalue weighted by molar-refractivity contribution is -0.136. The lowest BCUT2D eigenvalue weighted by atomic mass is 9.72. The quantitative estimate of drug-likeness (QED) is 0.240. The Kier molecular flexibility index (Phi) is 8.35. The van der Waals surface area contributed by atoms with Gasteiger partial charge in [0.15, 0.2) is 0 Å². The molecule has 4 aromatic rings. The van der Waals surface area contributed by atoms with Crippen molar-refractivity contribution < 1.29 is 24.2 Å². The Morgan fingerprint density at radius 1 is 0.782 bits per heavy atom. The zero-order valence-electron chi connectivity index (χ0n) is 31.0. The number of likely N-dealkylation sites (tertiary alicyclic amines) is 1. The number of imide groups is 1. The van der Waals surface area contributed by atoms with E-state index in [4.69, 9.17) is 4.74 Å². The number of rotatable bonds is 7. The molecule has 1 spiro atoms. The Morgan fingerprint density at radius 3 is 2.31 bits per heavy atom. The van der Waals surface area contributed by atoms with Crippen LogP contribution in [0.4, 0.5) is 11.4 Å². The van der Waals surface area contributed by atoms with Gasteiger partial charge in [-0.05, 0) is 78.3 Å². The number of aromatic hydroxyl groups is 1. The van der Waals surface area contributed by atoms with E-state index in [1.54, 1.807) is 17.0 Å². The van der Waals surface area contributed by atoms with Crippen LogP contribution in [-0.4, -0.2) is 91.1 Å². The topological polar surface area (TPSA) is 106 Å². The molecule has 0 aliphatic carbocycles. The molecular weight excluding hydrogens is 691 g/mol. The van der Waals surface area contributed by atoms with Gasteiger partial charge in [-0.3, -0.25) is 19.7 Å². The second kappa shape index (κ2) is 13.4. The molecule has 282 valence electrons. The molecule has 10 nitrogen and oxygen atoms in total. The van der Waals surface area contributed by atoms with Crippen molar-refractivity contribution in [1.82, 2.24) is 15.1 Å². The Labute approximate surface area is 321 Å². The Bertz CT molecular complexity index is 2130. The Balaban J connectivity index is 0.712. The second-order valence-corrected chi connectivity index (χ2v) is 16.8. The molecule has 0 aromatic heterocycles. The van der Waals surface area contributed by atoms with Crippen LogP contribution in [0.3, 0.4) is 0 Å². The van der Waals surface area contributed by atoms with E-state index in [1.807, 2.05) is 18.2 Å². The third-order valence-corrected chi connectivity index (χ3v) is 13.2. The molecule has 0 radical (unpaired) electrons. The van der Waals surface area contributed by atoms with Gasteiger partial charge in [-0.1, -0.05) is 48.5 Å². The highest BCUT2D eigenvalue weighted by Gasteiger charge is 2.52. The monoisotopic (exact) mass is 737 g/mol. The van der Waals surface area contributed by atoms with Crippen molar-refractivity contribution in [1.29, 1.82) is 0 Å². The van der Waals surface area contributed by atoms with E-state index in [2.05, 4.69) is 80.7 Å². The van der Waals surface area contributed by atoms with Gasteiger partial charge in [-0.2, -0.15) is 0 Å². The van der Waals surface area contributed by atoms with Crippen molar-refractivity contribution in [2.75, 3.05) is 62.2 Å². The average Bonchev–Trinajstić information content (AvgIpc) is 3.50. The van der Waals surface area contributed by atoms with Crippen LogP contribution < -0.4 is 19.9 Å². The first-order valence-corrected chi connectivity index (χ1v) is 19.9. The van der Waals surface area contributed by atoms with Crippen molar-refractivity contribution in [2.45, 2.75) is 50.1 Å². The molecule has 2 N–H and O–H groups in total. The van der Waals surface area contributed by atoms with Crippen molar-refractivity contribution in [3.05, 3.63) is 119 Å². The zero-order chi connectivity index (χ0) is 37.3. The first-order valence-electron chi connectivity index (χ1n) is 19.9. The summed E-state index contributed by atoms with van der Waals surface area (Å²) in [5, 5.41) is 12.5. The number of nitrogens with zero attached hydrogens (tertiary/aromatic N) is 4. The number of anilines is 2. The summed E-state index contributed by atoms with van der Waals surface area (Å²) in [6.45, 7) is 8.68. The predicted octanol–water partition coefficient (Wildman–Crippen LogP) is 5.50. The summed E-state index contributed by atoms with van der Waals surface area (Å²) in [7, 11) is 0. The van der Waals surface area contributed by atoms with E-state index in [1.165, 1.54) is 36.2 Å². The van der Waals surface area contributed by atoms with Gasteiger partial charge < -0.3 is 29.4 Å². The first kappa shape index (κ1) is 34.2. The molecule has 4 saturated heterocycles. The van der Waals surface area contributed by atoms with Crippen LogP contribution in [0.25, 0.3) is 0 Å². The van der Waals surface area contributed by atoms with Gasteiger partial charge in [0, 0.05) is 105 Å². The predicted molar refractivity (Wildman–Crippen MR) is 210 cm³/mol. The number of fused-ring (bicyclic) bond motifs is 2. The SMILES string of the molecule is O=C1CCC(N2Cc3cc(N4CC5(CN(CC6CCN(c7ccc([C@H]8c9ccc(O)cc9OC[C@H]8c8ccccc8)cc7)CC6)C5)C4)ccc3C2=O)C(=O)N1. The van der Waals surface area contributed by atoms with Gasteiger partial charge >= 0.3 is 0 Å². The Hall–Kier alpha value is -5.35. The van der Waals surface area contributed by atoms with E-state index in [9.17, 15) is 19.5 Å². The standard InChI is InChI=1S/C45H47N5O5/c51-35-11-13-37-40(21-35)55-24-38(30-4-2-1-3-5-30)42(37)31-6-8-33(9-7-31)48-18-16-29(17-19-48)22-47-25-45(26-47)27-49(28-45)34-10-12-36-32(20-34)23-50(44(36)54)39-14-15-41(52)46-43(39)53/h1-13,20-21,29,38-39,42,51H,14-19,22-28H2,(H,46,52,53)/t38-,39?,42-/m0/s1. The van der Waals surface area contributed by atoms with Crippen molar-refractivity contribution >= 4 is 29.1 Å². The molecule has 1 unspecified atom stereocenters. The number of phenols is 1. The number of phenolic OH excluding ortho intramolecular Hbond substituents is 1. The largest absolute Gasteiger partial charge is 0.508 e. The van der Waals surface area contributed by atoms with Crippen LogP contribution in [0.1, 0.15) is 70.1 Å². The number of carbonyl (C=O) groups is 3. The average molecular weight is 738 g/mol. The second-order valence-electron chi connectivity index (χ2n) is 16.8. The maximum atomic E-state index is 13.1. The van der Waals surface area contributed by atoms with Gasteiger partial charge in [0.25, 0.3) is 5.91 Å². The summed E-state index contributed by atoms with van der Waals surface area (Å²) in [5.41, 5.74) is 8.09. The van der Waals surface area contributed by atoms with Crippen LogP contribution in [0.2, 0.25) is 0 Å². The lowest BCUT2D eigenvalue weighted by Crippen LogP contribution is -2.72. The fraction of sp³-hybridized carbons (Fsp3) is 0.400. The number of amides is 3. The highest BCUT2D eigenvalue weighted by molar-refractivity contribution is 6.05. The highest BCUT2D eigenvalue weighted by Crippen LogP contribution is 2.48. The van der Waals surface area contributed by atoms with Gasteiger partial charge in [-0.25, -0.2) is 0 Å². The van der Waals surface area contributed by atoms with Crippen molar-refractivity contribution in [3.8, 4) is 11.5 Å². The van der Waals surface area contributed by atoms with Gasteiger partial charge in [0.1, 0.15) is 17.5 Å². The van der Waals surface area contributed by atoms with Crippen LogP contribution in [0, 0.1) is 11.3 Å². The lowest BCUT2D eigenvalue weighted by Gasteiger charge is -2.61. The van der Waals surface area contributed by atoms with Gasteiger partial charge in [0.2, 0.25) is 11.8 Å². The minimum absolute atomic E-state index is 0.119. The van der Waals surface area contributed by atoms with E-state index >= 15 is 0 Å². The molecular formula is C45H47N5O5. The van der Waals surface area contributed by atoms with E-state index in [0.717, 1.165) is 61.8 Å². The summed E-state index contributed by atoms with van der Waals surface area (Å²) in [5.74, 6) is 1.29. The van der Waals surface area contributed by atoms with Crippen molar-refractivity contribution in [3.63, 3.8) is 0 Å². The minimum atomic E-state index is -0.582. The Morgan fingerprint density at radius 2 is 1.55 bits per heavy atom. The maximum Gasteiger partial charge on any atom is 0.255 e. The molecule has 4 fully saturated rings. The number of carbonyl (C=O) groups excluding carboxylic acids is 3. The number of ether oxygens (including phenoxy) is 1. The van der Waals surface area contributed by atoms with E-state index in [0.29, 0.717) is 36.5 Å². The molecule has 6 heterocycles. The van der Waals surface area contributed by atoms with Crippen LogP contribution in [0.15, 0.2) is 91.0 Å². The summed E-state index contributed by atoms with van der Waals surface area (Å²) in [6.07, 6.45) is 3.05. The maximum absolute atomic E-state index is 13.1. The molecule has 10 rings (SSSR count). The normalized spacial score (nSPS) is 24.8. The van der Waals surface area contributed by atoms with E-state index in [-0.39, 0.29) is 41.7 Å². The number of piperidine rings is 2. The number of benzene rings is 4. The molecule has 3 amide bonds. The molecule has 6 aliphatic rings. The van der Waals surface area contributed by atoms with Crippen LogP contribution in [0.5, 0.6) is 11.5 Å². The molecule has 3 atom stereocenters. The van der Waals surface area contributed by atoms with Gasteiger partial charge in [-0.15, -0.1) is 0 Å². The van der Waals surface area contributed by atoms with Crippen molar-refractivity contribution in [2.24, 2.45) is 11.3 Å². The fourth-order valence-electron chi connectivity index (χ4n) is 10.4. The summed E-state index contributed by atoms with van der Waals surface area (Å²) >= 11 is 0. The summed E-state index contributed by atoms with van der Waals surface area (Å²) < 4.78 is 6.17. The first-order chi connectivity index (χ1) is 26.8. The number of nitrogens with one attached hydrogen (secondary N) is 1. The molecule has 0 bridgehead atoms. The molecule has 4 aromatic carbocycles. The van der Waals surface area contributed by atoms with Crippen LogP contribution >= 0.6 is 0 Å². The molecule has 55 heavy (non-hydrogen) atoms. The summed E-state index contributed by atoms with van der Waals surface area (Å²) in [4.78, 5) is 46.4. The molecule has 0 saturated carbocycles. The summed E-state index contributed by atoms with van der Waals surface area (Å²) in [6, 6.07) is 30.8. The number of hydrogen-bond acceptors (Lipinski definition) is 8. The molecule has 10 heteroatoms. The fourth-order valence-corrected chi connectivity index (χ4v) is 10.4. The van der Waals surface area contributed by atoms with Gasteiger partial charge in [0.05, 0.1) is 6.61 Å². The number of hydrogen-bond donors (Lipinski definition) is 2. The highest BCUT2D eigenvalue weighted by atomic mass is 16.5. The minimum Gasteiger partial charge on any atom is -0.508 e. The smallest absolute Gasteiger partial charge is 0.255 e. The van der Waals surface area contributed by atoms with E-state index < -0.39 is 6.04 Å². The third-order valence-electron chi connectivity index (χ3n) is 13.2. The zero-order valence-corrected chi connectivity index (χ0v) is 31.0.